The Hall–Kier alpha value is -1.78. The maximum atomic E-state index is 10.9. The summed E-state index contributed by atoms with van der Waals surface area (Å²) in [6.45, 7) is 0. The van der Waals surface area contributed by atoms with Gasteiger partial charge in [-0.15, -0.1) is 12.6 Å². The molecule has 0 aromatic heterocycles. The van der Waals surface area contributed by atoms with E-state index in [9.17, 15) is 4.79 Å². The number of para-hydroxylation sites is 1. The second-order valence-electron chi connectivity index (χ2n) is 4.54. The number of hydrogen-bond acceptors (Lipinski definition) is 3. The van der Waals surface area contributed by atoms with Gasteiger partial charge in [0, 0.05) is 0 Å². The summed E-state index contributed by atoms with van der Waals surface area (Å²) in [7, 11) is 0. The third kappa shape index (κ3) is 4.40. The number of thiol groups is 1. The number of ether oxygens (including phenoxy) is 1. The van der Waals surface area contributed by atoms with Gasteiger partial charge in [-0.1, -0.05) is 30.3 Å². The molecular formula is C16H17NO2S. The number of carbonyl (C=O) groups excluding carboxylic acids is 1. The van der Waals surface area contributed by atoms with E-state index in [1.807, 2.05) is 54.6 Å². The van der Waals surface area contributed by atoms with Crippen LogP contribution in [0.1, 0.15) is 12.0 Å². The van der Waals surface area contributed by atoms with Gasteiger partial charge in [0.15, 0.2) is 0 Å². The first-order valence-electron chi connectivity index (χ1n) is 6.45. The number of nitrogens with two attached hydrogens (primary N) is 1. The van der Waals surface area contributed by atoms with Crippen molar-refractivity contribution in [2.45, 2.75) is 18.9 Å². The monoisotopic (exact) mass is 287 g/mol. The Morgan fingerprint density at radius 1 is 1.05 bits per heavy atom. The van der Waals surface area contributed by atoms with Gasteiger partial charge < -0.3 is 10.5 Å². The van der Waals surface area contributed by atoms with Crippen molar-refractivity contribution < 1.29 is 9.53 Å². The fourth-order valence-corrected chi connectivity index (χ4v) is 1.92. The van der Waals surface area contributed by atoms with Crippen molar-refractivity contribution in [3.05, 3.63) is 60.2 Å². The summed E-state index contributed by atoms with van der Waals surface area (Å²) in [5.41, 5.74) is 6.77. The van der Waals surface area contributed by atoms with Gasteiger partial charge in [-0.3, -0.25) is 4.79 Å². The zero-order chi connectivity index (χ0) is 14.4. The molecule has 2 aromatic rings. The number of hydrogen-bond donors (Lipinski definition) is 2. The molecule has 4 heteroatoms. The molecule has 0 spiro atoms. The highest BCUT2D eigenvalue weighted by Crippen LogP contribution is 2.21. The third-order valence-electron chi connectivity index (χ3n) is 2.96. The maximum absolute atomic E-state index is 10.9. The second kappa shape index (κ2) is 7.12. The number of rotatable bonds is 6. The minimum absolute atomic E-state index is 0.269. The van der Waals surface area contributed by atoms with E-state index in [1.54, 1.807) is 0 Å². The van der Waals surface area contributed by atoms with Crippen molar-refractivity contribution in [1.82, 2.24) is 0 Å². The van der Waals surface area contributed by atoms with E-state index in [1.165, 1.54) is 0 Å². The fraction of sp³-hybridized carbons (Fsp3) is 0.188. The Balaban J connectivity index is 1.91. The van der Waals surface area contributed by atoms with Gasteiger partial charge in [-0.05, 0) is 42.7 Å². The molecule has 0 saturated heterocycles. The number of aryl methyl sites for hydroxylation is 1. The first kappa shape index (κ1) is 14.6. The van der Waals surface area contributed by atoms with Crippen LogP contribution in [0.4, 0.5) is 0 Å². The zero-order valence-electron chi connectivity index (χ0n) is 11.0. The van der Waals surface area contributed by atoms with Gasteiger partial charge in [0.2, 0.25) is 5.12 Å². The van der Waals surface area contributed by atoms with Crippen LogP contribution >= 0.6 is 12.6 Å². The van der Waals surface area contributed by atoms with Crippen LogP contribution in [0.5, 0.6) is 11.5 Å². The molecule has 1 atom stereocenters. The highest BCUT2D eigenvalue weighted by atomic mass is 32.1. The lowest BCUT2D eigenvalue weighted by molar-refractivity contribution is -0.112. The van der Waals surface area contributed by atoms with E-state index in [2.05, 4.69) is 12.6 Å². The van der Waals surface area contributed by atoms with Crippen LogP contribution in [0.25, 0.3) is 0 Å². The maximum Gasteiger partial charge on any atom is 0.202 e. The van der Waals surface area contributed by atoms with Gasteiger partial charge in [-0.25, -0.2) is 0 Å². The van der Waals surface area contributed by atoms with E-state index in [0.717, 1.165) is 23.5 Å². The minimum atomic E-state index is -0.501. The quantitative estimate of drug-likeness (QED) is 0.802. The normalized spacial score (nSPS) is 11.9. The van der Waals surface area contributed by atoms with E-state index < -0.39 is 6.04 Å². The standard InChI is InChI=1S/C16H17NO2S/c17-15(16(18)20)11-8-12-6-9-14(10-7-12)19-13-4-2-1-3-5-13/h1-7,9-10,15H,8,11,17H2,(H,18,20)/t15-/m0/s1. The molecule has 104 valence electrons. The largest absolute Gasteiger partial charge is 0.457 e. The van der Waals surface area contributed by atoms with E-state index in [0.29, 0.717) is 6.42 Å². The molecule has 2 aromatic carbocycles. The molecule has 0 aliphatic rings. The topological polar surface area (TPSA) is 52.3 Å². The van der Waals surface area contributed by atoms with Crippen LogP contribution < -0.4 is 10.5 Å². The second-order valence-corrected chi connectivity index (χ2v) is 4.98. The molecular weight excluding hydrogens is 270 g/mol. The molecule has 3 nitrogen and oxygen atoms in total. The Kier molecular flexibility index (Phi) is 5.21. The van der Waals surface area contributed by atoms with Crippen molar-refractivity contribution in [3.8, 4) is 11.5 Å². The molecule has 0 aliphatic carbocycles. The molecule has 0 heterocycles. The Morgan fingerprint density at radius 3 is 2.25 bits per heavy atom. The van der Waals surface area contributed by atoms with Crippen LogP contribution in [0.3, 0.4) is 0 Å². The lowest BCUT2D eigenvalue weighted by Crippen LogP contribution is -2.27. The van der Waals surface area contributed by atoms with Crippen molar-refractivity contribution in [2.75, 3.05) is 0 Å². The van der Waals surface area contributed by atoms with E-state index in [4.69, 9.17) is 10.5 Å². The summed E-state index contributed by atoms with van der Waals surface area (Å²) in [5, 5.41) is -0.269. The van der Waals surface area contributed by atoms with Gasteiger partial charge in [0.05, 0.1) is 6.04 Å². The van der Waals surface area contributed by atoms with Gasteiger partial charge >= 0.3 is 0 Å². The van der Waals surface area contributed by atoms with Crippen LogP contribution in [0.15, 0.2) is 54.6 Å². The first-order chi connectivity index (χ1) is 9.65. The third-order valence-corrected chi connectivity index (χ3v) is 3.30. The summed E-state index contributed by atoms with van der Waals surface area (Å²) in [4.78, 5) is 10.9. The summed E-state index contributed by atoms with van der Waals surface area (Å²) < 4.78 is 5.71. The molecule has 0 amide bonds. The number of carbonyl (C=O) groups is 1. The predicted molar refractivity (Wildman–Crippen MR) is 83.2 cm³/mol. The van der Waals surface area contributed by atoms with Crippen LogP contribution in [-0.2, 0) is 11.2 Å². The molecule has 0 radical (unpaired) electrons. The highest BCUT2D eigenvalue weighted by molar-refractivity contribution is 7.96. The average molecular weight is 287 g/mol. The summed E-state index contributed by atoms with van der Waals surface area (Å²) in [6, 6.07) is 16.9. The fourth-order valence-electron chi connectivity index (χ4n) is 1.79. The van der Waals surface area contributed by atoms with E-state index in [-0.39, 0.29) is 5.12 Å². The average Bonchev–Trinajstić information content (AvgIpc) is 2.47. The Bertz CT molecular complexity index is 554. The molecule has 2 N–H and O–H groups in total. The van der Waals surface area contributed by atoms with Crippen LogP contribution in [-0.4, -0.2) is 11.2 Å². The van der Waals surface area contributed by atoms with E-state index >= 15 is 0 Å². The lowest BCUT2D eigenvalue weighted by atomic mass is 10.1. The lowest BCUT2D eigenvalue weighted by Gasteiger charge is -2.08. The summed E-state index contributed by atoms with van der Waals surface area (Å²) in [5.74, 6) is 1.59. The van der Waals surface area contributed by atoms with Crippen molar-refractivity contribution in [2.24, 2.45) is 5.73 Å². The predicted octanol–water partition coefficient (Wildman–Crippen LogP) is 3.20. The van der Waals surface area contributed by atoms with Gasteiger partial charge in [-0.2, -0.15) is 0 Å². The molecule has 0 unspecified atom stereocenters. The van der Waals surface area contributed by atoms with Crippen molar-refractivity contribution in [1.29, 1.82) is 0 Å². The molecule has 0 fully saturated rings. The molecule has 0 aliphatic heterocycles. The van der Waals surface area contributed by atoms with Crippen molar-refractivity contribution in [3.63, 3.8) is 0 Å². The Labute approximate surface area is 124 Å². The first-order valence-corrected chi connectivity index (χ1v) is 6.90. The van der Waals surface area contributed by atoms with Crippen molar-refractivity contribution >= 4 is 17.7 Å². The van der Waals surface area contributed by atoms with Gasteiger partial charge in [0.25, 0.3) is 0 Å². The Morgan fingerprint density at radius 2 is 1.65 bits per heavy atom. The molecule has 0 saturated carbocycles. The molecule has 20 heavy (non-hydrogen) atoms. The highest BCUT2D eigenvalue weighted by Gasteiger charge is 2.08. The molecule has 2 rings (SSSR count). The van der Waals surface area contributed by atoms with Crippen LogP contribution in [0.2, 0.25) is 0 Å². The molecule has 0 bridgehead atoms. The SMILES string of the molecule is N[C@@H](CCc1ccc(Oc2ccccc2)cc1)C(=O)S. The van der Waals surface area contributed by atoms with Crippen LogP contribution in [0, 0.1) is 0 Å². The summed E-state index contributed by atoms with van der Waals surface area (Å²) in [6.07, 6.45) is 1.35. The zero-order valence-corrected chi connectivity index (χ0v) is 11.9. The number of benzene rings is 2. The summed E-state index contributed by atoms with van der Waals surface area (Å²) >= 11 is 3.73. The smallest absolute Gasteiger partial charge is 0.202 e. The minimum Gasteiger partial charge on any atom is -0.457 e. The van der Waals surface area contributed by atoms with Gasteiger partial charge in [0.1, 0.15) is 11.5 Å².